The Morgan fingerprint density at radius 3 is 2.75 bits per heavy atom. The number of hydrogen-bond donors (Lipinski definition) is 1. The maximum Gasteiger partial charge on any atom is 0.147 e. The fourth-order valence-corrected chi connectivity index (χ4v) is 2.08. The Kier molecular flexibility index (Phi) is 3.36. The predicted octanol–water partition coefficient (Wildman–Crippen LogP) is 0.0756. The summed E-state index contributed by atoms with van der Waals surface area (Å²) >= 11 is 0. The minimum absolute atomic E-state index is 0.450. The van der Waals surface area contributed by atoms with Gasteiger partial charge < -0.3 is 15.5 Å². The molecule has 0 aliphatic carbocycles. The Bertz CT molecular complexity index is 337. The summed E-state index contributed by atoms with van der Waals surface area (Å²) in [6, 6.07) is 0.483. The molecule has 5 nitrogen and oxygen atoms in total. The van der Waals surface area contributed by atoms with Crippen molar-refractivity contribution in [2.45, 2.75) is 19.5 Å². The van der Waals surface area contributed by atoms with Crippen LogP contribution >= 0.6 is 0 Å². The Morgan fingerprint density at radius 1 is 1.38 bits per heavy atom. The largest absolute Gasteiger partial charge is 0.350 e. The van der Waals surface area contributed by atoms with E-state index in [0.717, 1.165) is 31.1 Å². The highest BCUT2D eigenvalue weighted by molar-refractivity contribution is 5.38. The van der Waals surface area contributed by atoms with Crippen molar-refractivity contribution in [1.82, 2.24) is 14.9 Å². The number of aromatic nitrogens is 2. The monoisotopic (exact) mass is 221 g/mol. The first-order valence-corrected chi connectivity index (χ1v) is 5.67. The van der Waals surface area contributed by atoms with Crippen molar-refractivity contribution in [1.29, 1.82) is 0 Å². The molecular formula is C11H19N5. The molecule has 0 amide bonds. The zero-order chi connectivity index (χ0) is 11.5. The van der Waals surface area contributed by atoms with Crippen molar-refractivity contribution in [3.05, 3.63) is 18.1 Å². The van der Waals surface area contributed by atoms with E-state index in [1.807, 2.05) is 6.20 Å². The van der Waals surface area contributed by atoms with Crippen molar-refractivity contribution in [3.8, 4) is 0 Å². The van der Waals surface area contributed by atoms with E-state index in [0.29, 0.717) is 12.6 Å². The minimum Gasteiger partial charge on any atom is -0.350 e. The Labute approximate surface area is 96.3 Å². The molecule has 0 radical (unpaired) electrons. The van der Waals surface area contributed by atoms with E-state index >= 15 is 0 Å². The van der Waals surface area contributed by atoms with E-state index in [-0.39, 0.29) is 0 Å². The molecule has 16 heavy (non-hydrogen) atoms. The lowest BCUT2D eigenvalue weighted by Crippen LogP contribution is -2.50. The number of piperazine rings is 1. The second-order valence-electron chi connectivity index (χ2n) is 4.37. The summed E-state index contributed by atoms with van der Waals surface area (Å²) in [5, 5.41) is 0. The predicted molar refractivity (Wildman–Crippen MR) is 64.2 cm³/mol. The summed E-state index contributed by atoms with van der Waals surface area (Å²) in [5.41, 5.74) is 6.34. The van der Waals surface area contributed by atoms with Crippen LogP contribution in [0.25, 0.3) is 0 Å². The van der Waals surface area contributed by atoms with Crippen molar-refractivity contribution in [2.75, 3.05) is 31.6 Å². The van der Waals surface area contributed by atoms with E-state index in [1.54, 1.807) is 6.20 Å². The van der Waals surface area contributed by atoms with Crippen LogP contribution in [0.1, 0.15) is 12.6 Å². The highest BCUT2D eigenvalue weighted by Gasteiger charge is 2.22. The quantitative estimate of drug-likeness (QED) is 0.766. The Hall–Kier alpha value is -1.20. The highest BCUT2D eigenvalue weighted by Crippen LogP contribution is 2.16. The summed E-state index contributed by atoms with van der Waals surface area (Å²) in [5.74, 6) is 0.956. The summed E-state index contributed by atoms with van der Waals surface area (Å²) in [4.78, 5) is 13.3. The van der Waals surface area contributed by atoms with Crippen molar-refractivity contribution in [2.24, 2.45) is 5.73 Å². The Balaban J connectivity index is 2.11. The molecule has 0 aromatic carbocycles. The second kappa shape index (κ2) is 4.76. The average molecular weight is 221 g/mol. The van der Waals surface area contributed by atoms with Gasteiger partial charge in [-0.25, -0.2) is 4.98 Å². The van der Waals surface area contributed by atoms with Gasteiger partial charge in [0.2, 0.25) is 0 Å². The van der Waals surface area contributed by atoms with Gasteiger partial charge in [0, 0.05) is 32.2 Å². The number of nitrogens with two attached hydrogens (primary N) is 1. The van der Waals surface area contributed by atoms with Crippen molar-refractivity contribution < 1.29 is 0 Å². The van der Waals surface area contributed by atoms with Crippen molar-refractivity contribution in [3.63, 3.8) is 0 Å². The van der Waals surface area contributed by atoms with Gasteiger partial charge in [0.1, 0.15) is 5.82 Å². The van der Waals surface area contributed by atoms with Gasteiger partial charge in [-0.05, 0) is 14.0 Å². The minimum atomic E-state index is 0.450. The summed E-state index contributed by atoms with van der Waals surface area (Å²) < 4.78 is 0. The smallest absolute Gasteiger partial charge is 0.147 e. The molecule has 1 fully saturated rings. The number of anilines is 1. The maximum absolute atomic E-state index is 5.50. The molecule has 1 unspecified atom stereocenters. The first-order valence-electron chi connectivity index (χ1n) is 5.67. The van der Waals surface area contributed by atoms with Crippen LogP contribution in [0.4, 0.5) is 5.82 Å². The van der Waals surface area contributed by atoms with Crippen LogP contribution < -0.4 is 10.6 Å². The lowest BCUT2D eigenvalue weighted by Gasteiger charge is -2.38. The summed E-state index contributed by atoms with van der Waals surface area (Å²) in [6.45, 7) is 5.82. The molecule has 88 valence electrons. The van der Waals surface area contributed by atoms with Crippen LogP contribution in [-0.4, -0.2) is 47.6 Å². The van der Waals surface area contributed by atoms with E-state index < -0.39 is 0 Å². The lowest BCUT2D eigenvalue weighted by atomic mass is 10.2. The molecule has 1 aliphatic rings. The third kappa shape index (κ3) is 2.31. The fraction of sp³-hybridized carbons (Fsp3) is 0.636. The molecule has 1 aromatic rings. The van der Waals surface area contributed by atoms with Crippen LogP contribution in [0.15, 0.2) is 12.4 Å². The SMILES string of the molecule is CC1CN(C)CCN1c1cnc(CN)cn1. The van der Waals surface area contributed by atoms with Crippen LogP contribution in [0.5, 0.6) is 0 Å². The van der Waals surface area contributed by atoms with Gasteiger partial charge in [-0.2, -0.15) is 0 Å². The zero-order valence-corrected chi connectivity index (χ0v) is 9.93. The number of likely N-dealkylation sites (N-methyl/N-ethyl adjacent to an activating group) is 1. The highest BCUT2D eigenvalue weighted by atomic mass is 15.3. The van der Waals surface area contributed by atoms with Gasteiger partial charge in [-0.1, -0.05) is 0 Å². The normalized spacial score (nSPS) is 22.4. The van der Waals surface area contributed by atoms with Gasteiger partial charge in [0.05, 0.1) is 18.1 Å². The lowest BCUT2D eigenvalue weighted by molar-refractivity contribution is 0.274. The van der Waals surface area contributed by atoms with Gasteiger partial charge in [-0.15, -0.1) is 0 Å². The standard InChI is InChI=1S/C11H19N5/c1-9-8-15(2)3-4-16(9)11-7-13-10(5-12)6-14-11/h6-7,9H,3-5,8,12H2,1-2H3. The molecule has 2 N–H and O–H groups in total. The van der Waals surface area contributed by atoms with Crippen LogP contribution in [0.3, 0.4) is 0 Å². The molecular weight excluding hydrogens is 202 g/mol. The molecule has 1 atom stereocenters. The molecule has 2 heterocycles. The number of nitrogens with zero attached hydrogens (tertiary/aromatic N) is 4. The average Bonchev–Trinajstić information content (AvgIpc) is 2.29. The van der Waals surface area contributed by atoms with E-state index in [2.05, 4.69) is 33.7 Å². The summed E-state index contributed by atoms with van der Waals surface area (Å²) in [6.07, 6.45) is 3.59. The van der Waals surface area contributed by atoms with Gasteiger partial charge in [0.25, 0.3) is 0 Å². The topological polar surface area (TPSA) is 58.3 Å². The summed E-state index contributed by atoms with van der Waals surface area (Å²) in [7, 11) is 2.15. The van der Waals surface area contributed by atoms with Gasteiger partial charge >= 0.3 is 0 Å². The molecule has 1 saturated heterocycles. The van der Waals surface area contributed by atoms with Crippen molar-refractivity contribution >= 4 is 5.82 Å². The molecule has 0 bridgehead atoms. The number of rotatable bonds is 2. The third-order valence-electron chi connectivity index (χ3n) is 3.03. The second-order valence-corrected chi connectivity index (χ2v) is 4.37. The Morgan fingerprint density at radius 2 is 2.19 bits per heavy atom. The fourth-order valence-electron chi connectivity index (χ4n) is 2.08. The number of hydrogen-bond acceptors (Lipinski definition) is 5. The van der Waals surface area contributed by atoms with E-state index in [9.17, 15) is 0 Å². The maximum atomic E-state index is 5.50. The van der Waals surface area contributed by atoms with Gasteiger partial charge in [-0.3, -0.25) is 4.98 Å². The molecule has 5 heteroatoms. The first-order chi connectivity index (χ1) is 7.70. The van der Waals surface area contributed by atoms with Crippen LogP contribution in [-0.2, 0) is 6.54 Å². The van der Waals surface area contributed by atoms with E-state index in [4.69, 9.17) is 5.73 Å². The first kappa shape index (κ1) is 11.3. The van der Waals surface area contributed by atoms with E-state index in [1.165, 1.54) is 0 Å². The molecule has 0 saturated carbocycles. The molecule has 1 aliphatic heterocycles. The van der Waals surface area contributed by atoms with Gasteiger partial charge in [0.15, 0.2) is 0 Å². The molecule has 1 aromatic heterocycles. The zero-order valence-electron chi connectivity index (χ0n) is 9.93. The van der Waals surface area contributed by atoms with Crippen LogP contribution in [0, 0.1) is 0 Å². The third-order valence-corrected chi connectivity index (χ3v) is 3.03. The molecule has 0 spiro atoms. The van der Waals surface area contributed by atoms with Crippen LogP contribution in [0.2, 0.25) is 0 Å². The molecule has 2 rings (SSSR count).